The molecular weight excluding hydrogens is 414 g/mol. The van der Waals surface area contributed by atoms with Crippen LogP contribution in [0.15, 0.2) is 0 Å². The van der Waals surface area contributed by atoms with Gasteiger partial charge in [-0.25, -0.2) is 0 Å². The van der Waals surface area contributed by atoms with Gasteiger partial charge in [0.2, 0.25) is 0 Å². The van der Waals surface area contributed by atoms with E-state index in [-0.39, 0.29) is 85.5 Å². The Bertz CT molecular complexity index is 37.9. The van der Waals surface area contributed by atoms with Gasteiger partial charge in [-0.05, 0) is 6.16 Å². The first-order valence-corrected chi connectivity index (χ1v) is 0.612. The molecule has 0 atom stereocenters. The topological polar surface area (TPSA) is 63.2 Å². The minimum atomic E-state index is -2.33. The number of carboxylic acid groups (broad SMARTS) is 2. The Morgan fingerprint density at radius 3 is 1.29 bits per heavy atom. The predicted molar refractivity (Wildman–Crippen MR) is 16.9 cm³/mol. The summed E-state index contributed by atoms with van der Waals surface area (Å²) in [4.78, 5) is 8.33. The summed E-state index contributed by atoms with van der Waals surface area (Å²) >= 11 is 0. The molecule has 6 heteroatoms. The Morgan fingerprint density at radius 1 is 1.29 bits per heavy atom. The molecule has 0 aromatic rings. The molecular formula is CCaO3PbPd. The van der Waals surface area contributed by atoms with Crippen LogP contribution in [0.2, 0.25) is 0 Å². The third-order valence-electron chi connectivity index (χ3n) is 0. The Morgan fingerprint density at radius 2 is 1.29 bits per heavy atom. The van der Waals surface area contributed by atoms with Gasteiger partial charge in [-0.3, -0.25) is 0 Å². The largest absolute Gasteiger partial charge is 2.00 e. The molecule has 7 heavy (non-hydrogen) atoms. The summed E-state index contributed by atoms with van der Waals surface area (Å²) in [6.07, 6.45) is -2.33. The SMILES string of the molecule is O=C([O-])[O-].[Ca+2].[Pb].[Pd]. The quantitative estimate of drug-likeness (QED) is 0.393. The van der Waals surface area contributed by atoms with Gasteiger partial charge in [0.05, 0.1) is 0 Å². The van der Waals surface area contributed by atoms with Crippen molar-refractivity contribution in [2.75, 3.05) is 0 Å². The molecule has 0 bridgehead atoms. The van der Waals surface area contributed by atoms with Gasteiger partial charge in [-0.1, -0.05) is 0 Å². The van der Waals surface area contributed by atoms with E-state index in [0.717, 1.165) is 0 Å². The summed E-state index contributed by atoms with van der Waals surface area (Å²) in [5, 5.41) is 16.7. The van der Waals surface area contributed by atoms with Crippen LogP contribution in [0, 0.1) is 0 Å². The van der Waals surface area contributed by atoms with Crippen LogP contribution < -0.4 is 10.2 Å². The van der Waals surface area contributed by atoms with Crippen molar-refractivity contribution in [1.82, 2.24) is 0 Å². The number of carbonyl (C=O) groups is 1. The van der Waals surface area contributed by atoms with E-state index >= 15 is 0 Å². The average molecular weight is 414 g/mol. The molecule has 0 fully saturated rings. The smallest absolute Gasteiger partial charge is 0.652 e. The van der Waals surface area contributed by atoms with E-state index in [1.807, 2.05) is 0 Å². The molecule has 0 aliphatic carbocycles. The number of hydrogen-bond donors (Lipinski definition) is 0. The molecule has 0 saturated heterocycles. The van der Waals surface area contributed by atoms with Crippen LogP contribution >= 0.6 is 0 Å². The molecule has 0 aliphatic heterocycles. The molecule has 0 rings (SSSR count). The monoisotopic (exact) mass is 414 g/mol. The van der Waals surface area contributed by atoms with Crippen molar-refractivity contribution >= 4 is 71.2 Å². The Hall–Kier alpha value is 2.11. The summed E-state index contributed by atoms with van der Waals surface area (Å²) in [5.41, 5.74) is 0. The molecule has 38 valence electrons. The third-order valence-corrected chi connectivity index (χ3v) is 0. The van der Waals surface area contributed by atoms with E-state index in [4.69, 9.17) is 15.0 Å². The second kappa shape index (κ2) is 15.7. The molecule has 0 spiro atoms. The first-order valence-electron chi connectivity index (χ1n) is 0.612. The standard InChI is InChI=1S/CH2O3.Ca.Pb.Pd/c2-1(3)4;;;/h(H2,2,3,4);;;/q;+2;;/p-2. The van der Waals surface area contributed by atoms with Crippen molar-refractivity contribution < 1.29 is 35.4 Å². The molecule has 0 amide bonds. The van der Waals surface area contributed by atoms with Gasteiger partial charge in [0.15, 0.2) is 0 Å². The zero-order valence-electron chi connectivity index (χ0n) is 3.25. The molecule has 0 heterocycles. The van der Waals surface area contributed by atoms with Crippen LogP contribution in [0.25, 0.3) is 0 Å². The summed E-state index contributed by atoms with van der Waals surface area (Å²) < 4.78 is 0. The Balaban J connectivity index is -0.0000000150. The fraction of sp³-hybridized carbons (Fsp3) is 0. The van der Waals surface area contributed by atoms with Crippen molar-refractivity contribution in [2.24, 2.45) is 0 Å². The maximum Gasteiger partial charge on any atom is 2.00 e. The molecule has 0 aromatic carbocycles. The summed E-state index contributed by atoms with van der Waals surface area (Å²) in [6.45, 7) is 0. The number of carbonyl (C=O) groups excluding carboxylic acids is 1. The van der Waals surface area contributed by atoms with E-state index in [1.54, 1.807) is 0 Å². The van der Waals surface area contributed by atoms with E-state index in [9.17, 15) is 0 Å². The number of rotatable bonds is 0. The first-order chi connectivity index (χ1) is 1.73. The zero-order valence-corrected chi connectivity index (χ0v) is 10.9. The predicted octanol–water partition coefficient (Wildman–Crippen LogP) is -3.21. The first kappa shape index (κ1) is 22.9. The summed E-state index contributed by atoms with van der Waals surface area (Å²) in [6, 6.07) is 0. The molecule has 0 aromatic heterocycles. The second-order valence-corrected chi connectivity index (χ2v) is 0.250. The van der Waals surface area contributed by atoms with Crippen LogP contribution in [0.3, 0.4) is 0 Å². The molecule has 0 unspecified atom stereocenters. The maximum absolute atomic E-state index is 8.33. The molecule has 4 radical (unpaired) electrons. The third kappa shape index (κ3) is 67.9. The van der Waals surface area contributed by atoms with Crippen LogP contribution in [0.5, 0.6) is 0 Å². The summed E-state index contributed by atoms with van der Waals surface area (Å²) in [5.74, 6) is 0. The second-order valence-electron chi connectivity index (χ2n) is 0.250. The van der Waals surface area contributed by atoms with E-state index in [2.05, 4.69) is 0 Å². The van der Waals surface area contributed by atoms with Gasteiger partial charge in [0, 0.05) is 47.7 Å². The molecule has 3 nitrogen and oxygen atoms in total. The normalized spacial score (nSPS) is 3.43. The Kier molecular flexibility index (Phi) is 51.5. The van der Waals surface area contributed by atoms with E-state index < -0.39 is 6.16 Å². The Labute approximate surface area is 105 Å². The fourth-order valence-electron chi connectivity index (χ4n) is 0. The van der Waals surface area contributed by atoms with Gasteiger partial charge in [-0.15, -0.1) is 0 Å². The van der Waals surface area contributed by atoms with E-state index in [0.29, 0.717) is 0 Å². The number of hydrogen-bond acceptors (Lipinski definition) is 3. The van der Waals surface area contributed by atoms with E-state index in [1.165, 1.54) is 0 Å². The van der Waals surface area contributed by atoms with Gasteiger partial charge >= 0.3 is 37.7 Å². The van der Waals surface area contributed by atoms with Gasteiger partial charge in [0.1, 0.15) is 0 Å². The van der Waals surface area contributed by atoms with Crippen LogP contribution in [-0.4, -0.2) is 71.2 Å². The van der Waals surface area contributed by atoms with Gasteiger partial charge in [-0.2, -0.15) is 0 Å². The van der Waals surface area contributed by atoms with Crippen LogP contribution in [0.1, 0.15) is 0 Å². The van der Waals surface area contributed by atoms with Crippen LogP contribution in [-0.2, 0) is 20.4 Å². The minimum Gasteiger partial charge on any atom is -0.652 e. The molecule has 0 aliphatic rings. The van der Waals surface area contributed by atoms with Crippen molar-refractivity contribution in [3.05, 3.63) is 0 Å². The van der Waals surface area contributed by atoms with Crippen molar-refractivity contribution in [1.29, 1.82) is 0 Å². The fourth-order valence-corrected chi connectivity index (χ4v) is 0. The van der Waals surface area contributed by atoms with Crippen molar-refractivity contribution in [2.45, 2.75) is 0 Å². The van der Waals surface area contributed by atoms with Gasteiger partial charge in [0.25, 0.3) is 0 Å². The van der Waals surface area contributed by atoms with Crippen LogP contribution in [0.4, 0.5) is 4.79 Å². The van der Waals surface area contributed by atoms with Gasteiger partial charge < -0.3 is 15.0 Å². The maximum atomic E-state index is 8.33. The minimum absolute atomic E-state index is 0. The average Bonchev–Trinajstić information content (AvgIpc) is 0.811. The summed E-state index contributed by atoms with van der Waals surface area (Å²) in [7, 11) is 0. The zero-order chi connectivity index (χ0) is 3.58. The van der Waals surface area contributed by atoms with Crippen molar-refractivity contribution in [3.8, 4) is 0 Å². The van der Waals surface area contributed by atoms with Crippen molar-refractivity contribution in [3.63, 3.8) is 0 Å². The molecule has 0 saturated carbocycles. The molecule has 0 N–H and O–H groups in total.